The fourth-order valence-corrected chi connectivity index (χ4v) is 4.01. The van der Waals surface area contributed by atoms with Crippen molar-refractivity contribution in [1.82, 2.24) is 15.1 Å². The summed E-state index contributed by atoms with van der Waals surface area (Å²) in [5, 5.41) is 11.6. The molecule has 0 aromatic rings. The van der Waals surface area contributed by atoms with E-state index in [1.807, 2.05) is 4.90 Å². The molecule has 0 bridgehead atoms. The lowest BCUT2D eigenvalue weighted by Crippen LogP contribution is -2.47. The Kier molecular flexibility index (Phi) is 15.5. The van der Waals surface area contributed by atoms with Crippen molar-refractivity contribution in [3.8, 4) is 0 Å². The molecule has 0 spiro atoms. The first-order valence-electron chi connectivity index (χ1n) is 12.7. The summed E-state index contributed by atoms with van der Waals surface area (Å²) in [5.41, 5.74) is 6.31. The summed E-state index contributed by atoms with van der Waals surface area (Å²) in [4.78, 5) is 8.61. The molecule has 30 heavy (non-hydrogen) atoms. The summed E-state index contributed by atoms with van der Waals surface area (Å²) in [7, 11) is 0. The zero-order valence-electron chi connectivity index (χ0n) is 20.2. The quantitative estimate of drug-likeness (QED) is 0.201. The van der Waals surface area contributed by atoms with Crippen LogP contribution in [0.15, 0.2) is 4.99 Å². The number of hydrogen-bond donors (Lipinski definition) is 3. The summed E-state index contributed by atoms with van der Waals surface area (Å²) in [6, 6.07) is 0. The molecule has 6 nitrogen and oxygen atoms in total. The smallest absolute Gasteiger partial charge is 0.221 e. The summed E-state index contributed by atoms with van der Waals surface area (Å²) in [6.07, 6.45) is 16.3. The maximum absolute atomic E-state index is 8.26. The van der Waals surface area contributed by atoms with Crippen LogP contribution in [0.5, 0.6) is 0 Å². The average molecular weight is 423 g/mol. The number of piperazine rings is 1. The molecule has 0 aliphatic carbocycles. The van der Waals surface area contributed by atoms with Crippen LogP contribution in [0, 0.1) is 11.3 Å². The van der Waals surface area contributed by atoms with Crippen LogP contribution in [0.25, 0.3) is 0 Å². The Morgan fingerprint density at radius 2 is 1.43 bits per heavy atom. The van der Waals surface area contributed by atoms with Gasteiger partial charge < -0.3 is 20.9 Å². The number of rotatable bonds is 15. The third-order valence-electron chi connectivity index (χ3n) is 5.83. The average Bonchev–Trinajstić information content (AvgIpc) is 2.74. The SMILES string of the molecule is CCCCCCCCCCCCCCN(CC(C)C)C(N)=NC(=N)N1CCNCC1. The highest BCUT2D eigenvalue weighted by Gasteiger charge is 2.15. The van der Waals surface area contributed by atoms with Crippen molar-refractivity contribution >= 4 is 11.9 Å². The molecule has 0 aromatic carbocycles. The zero-order valence-corrected chi connectivity index (χ0v) is 20.2. The van der Waals surface area contributed by atoms with Crippen LogP contribution in [0.2, 0.25) is 0 Å². The Morgan fingerprint density at radius 1 is 0.933 bits per heavy atom. The van der Waals surface area contributed by atoms with Crippen LogP contribution in [0.3, 0.4) is 0 Å². The van der Waals surface area contributed by atoms with Gasteiger partial charge in [0.25, 0.3) is 0 Å². The van der Waals surface area contributed by atoms with E-state index in [0.717, 1.165) is 45.7 Å². The van der Waals surface area contributed by atoms with Gasteiger partial charge in [-0.25, -0.2) is 0 Å². The lowest BCUT2D eigenvalue weighted by atomic mass is 10.1. The maximum Gasteiger partial charge on any atom is 0.221 e. The molecule has 0 amide bonds. The zero-order chi connectivity index (χ0) is 22.0. The Morgan fingerprint density at radius 3 is 1.93 bits per heavy atom. The lowest BCUT2D eigenvalue weighted by molar-refractivity contribution is 0.343. The molecule has 1 heterocycles. The second kappa shape index (κ2) is 17.4. The monoisotopic (exact) mass is 422 g/mol. The summed E-state index contributed by atoms with van der Waals surface area (Å²) in [6.45, 7) is 12.0. The van der Waals surface area contributed by atoms with Crippen LogP contribution in [0.4, 0.5) is 0 Å². The molecule has 1 fully saturated rings. The fourth-order valence-electron chi connectivity index (χ4n) is 4.01. The Balaban J connectivity index is 2.21. The topological polar surface area (TPSA) is 80.7 Å². The first kappa shape index (κ1) is 26.7. The molecule has 0 aromatic heterocycles. The van der Waals surface area contributed by atoms with Gasteiger partial charge in [0.2, 0.25) is 5.96 Å². The highest BCUT2D eigenvalue weighted by atomic mass is 15.3. The molecule has 0 saturated carbocycles. The number of unbranched alkanes of at least 4 members (excludes halogenated alkanes) is 11. The van der Waals surface area contributed by atoms with Gasteiger partial charge in [-0.2, -0.15) is 4.99 Å². The maximum atomic E-state index is 8.26. The van der Waals surface area contributed by atoms with Crippen LogP contribution in [0.1, 0.15) is 97.8 Å². The molecule has 1 saturated heterocycles. The number of nitrogens with zero attached hydrogens (tertiary/aromatic N) is 3. The first-order valence-corrected chi connectivity index (χ1v) is 12.7. The van der Waals surface area contributed by atoms with Gasteiger partial charge in [0.05, 0.1) is 0 Å². The Labute approximate surface area is 186 Å². The van der Waals surface area contributed by atoms with Crippen molar-refractivity contribution in [3.63, 3.8) is 0 Å². The molecule has 0 radical (unpaired) electrons. The van der Waals surface area contributed by atoms with Gasteiger partial charge in [-0.1, -0.05) is 91.4 Å². The van der Waals surface area contributed by atoms with E-state index in [0.29, 0.717) is 17.8 Å². The van der Waals surface area contributed by atoms with Gasteiger partial charge in [-0.05, 0) is 12.3 Å². The molecule has 1 aliphatic heterocycles. The Bertz CT molecular complexity index is 457. The van der Waals surface area contributed by atoms with Gasteiger partial charge in [0, 0.05) is 39.3 Å². The second-order valence-corrected chi connectivity index (χ2v) is 9.26. The molecular formula is C24H50N6. The predicted molar refractivity (Wildman–Crippen MR) is 131 cm³/mol. The molecule has 176 valence electrons. The molecule has 1 rings (SSSR count). The largest absolute Gasteiger partial charge is 0.369 e. The number of aliphatic imine (C=N–C) groups is 1. The number of guanidine groups is 2. The van der Waals surface area contributed by atoms with Gasteiger partial charge in [-0.15, -0.1) is 0 Å². The second-order valence-electron chi connectivity index (χ2n) is 9.26. The minimum Gasteiger partial charge on any atom is -0.369 e. The van der Waals surface area contributed by atoms with Crippen molar-refractivity contribution in [2.75, 3.05) is 39.3 Å². The van der Waals surface area contributed by atoms with Crippen molar-refractivity contribution in [2.24, 2.45) is 16.6 Å². The number of hydrogen-bond acceptors (Lipinski definition) is 2. The number of nitrogens with two attached hydrogens (primary N) is 1. The minimum absolute atomic E-state index is 0.303. The van der Waals surface area contributed by atoms with E-state index in [4.69, 9.17) is 11.1 Å². The van der Waals surface area contributed by atoms with Crippen LogP contribution in [-0.2, 0) is 0 Å². The molecule has 0 unspecified atom stereocenters. The lowest BCUT2D eigenvalue weighted by Gasteiger charge is -2.29. The normalized spacial score (nSPS) is 15.1. The molecule has 0 atom stereocenters. The highest BCUT2D eigenvalue weighted by molar-refractivity contribution is 5.92. The van der Waals surface area contributed by atoms with E-state index < -0.39 is 0 Å². The minimum atomic E-state index is 0.303. The van der Waals surface area contributed by atoms with Crippen molar-refractivity contribution < 1.29 is 0 Å². The number of nitrogens with one attached hydrogen (secondary N) is 2. The van der Waals surface area contributed by atoms with Crippen molar-refractivity contribution in [3.05, 3.63) is 0 Å². The summed E-state index contributed by atoms with van der Waals surface area (Å²) >= 11 is 0. The van der Waals surface area contributed by atoms with E-state index in [9.17, 15) is 0 Å². The summed E-state index contributed by atoms with van der Waals surface area (Å²) in [5.74, 6) is 1.34. The van der Waals surface area contributed by atoms with Crippen LogP contribution >= 0.6 is 0 Å². The first-order chi connectivity index (χ1) is 14.5. The molecule has 6 heteroatoms. The van der Waals surface area contributed by atoms with E-state index in [1.165, 1.54) is 70.6 Å². The van der Waals surface area contributed by atoms with Crippen molar-refractivity contribution in [1.29, 1.82) is 5.41 Å². The van der Waals surface area contributed by atoms with Gasteiger partial charge in [-0.3, -0.25) is 5.41 Å². The van der Waals surface area contributed by atoms with E-state index >= 15 is 0 Å². The van der Waals surface area contributed by atoms with Gasteiger partial charge in [0.1, 0.15) is 0 Å². The standard InChI is InChI=1S/C24H50N6/c1-4-5-6-7-8-9-10-11-12-13-14-15-18-30(21-22(2)3)24(26)28-23(25)29-19-16-27-17-20-29/h22,27H,4-21H2,1-3H3,(H3,25,26,28). The molecule has 1 aliphatic rings. The predicted octanol–water partition coefficient (Wildman–Crippen LogP) is 4.80. The van der Waals surface area contributed by atoms with E-state index in [-0.39, 0.29) is 0 Å². The van der Waals surface area contributed by atoms with E-state index in [1.54, 1.807) is 0 Å². The molecule has 4 N–H and O–H groups in total. The van der Waals surface area contributed by atoms with Gasteiger partial charge >= 0.3 is 0 Å². The third kappa shape index (κ3) is 13.1. The highest BCUT2D eigenvalue weighted by Crippen LogP contribution is 2.12. The Hall–Kier alpha value is -1.30. The van der Waals surface area contributed by atoms with E-state index in [2.05, 4.69) is 36.0 Å². The molecular weight excluding hydrogens is 372 g/mol. The summed E-state index contributed by atoms with van der Waals surface area (Å²) < 4.78 is 0. The van der Waals surface area contributed by atoms with Crippen LogP contribution in [-0.4, -0.2) is 61.0 Å². The fraction of sp³-hybridized carbons (Fsp3) is 0.917. The van der Waals surface area contributed by atoms with Gasteiger partial charge in [0.15, 0.2) is 5.96 Å². The van der Waals surface area contributed by atoms with Crippen LogP contribution < -0.4 is 11.1 Å². The third-order valence-corrected chi connectivity index (χ3v) is 5.83. The van der Waals surface area contributed by atoms with Crippen molar-refractivity contribution in [2.45, 2.75) is 97.8 Å².